The zero-order valence-corrected chi connectivity index (χ0v) is 9.78. The zero-order valence-electron chi connectivity index (χ0n) is 9.78. The number of nitrogens with zero attached hydrogens (tertiary/aromatic N) is 1. The Morgan fingerprint density at radius 3 is 2.06 bits per heavy atom. The summed E-state index contributed by atoms with van der Waals surface area (Å²) in [5.74, 6) is 1.65. The molecule has 87 valence electrons. The van der Waals surface area contributed by atoms with E-state index in [9.17, 15) is 0 Å². The van der Waals surface area contributed by atoms with E-state index in [1.54, 1.807) is 0 Å². The molecule has 0 N–H and O–H groups in total. The molecule has 0 spiro atoms. The van der Waals surface area contributed by atoms with E-state index in [-0.39, 0.29) is 0 Å². The highest BCUT2D eigenvalue weighted by molar-refractivity contribution is 5.39. The van der Waals surface area contributed by atoms with Crippen LogP contribution in [0.3, 0.4) is 0 Å². The minimum atomic E-state index is 0.822. The van der Waals surface area contributed by atoms with Gasteiger partial charge in [0.15, 0.2) is 0 Å². The molecule has 0 atom stereocenters. The minimum Gasteiger partial charge on any atom is -0.457 e. The van der Waals surface area contributed by atoms with Crippen LogP contribution in [0.15, 0.2) is 73.1 Å². The van der Waals surface area contributed by atoms with Crippen LogP contribution in [-0.4, -0.2) is 4.57 Å². The summed E-state index contributed by atoms with van der Waals surface area (Å²) in [6, 6.07) is 22.4. The van der Waals surface area contributed by atoms with Crippen molar-refractivity contribution in [1.82, 2.24) is 4.57 Å². The molecule has 2 nitrogen and oxygen atoms in total. The maximum absolute atomic E-state index is 5.72. The second kappa shape index (κ2) is 4.80. The highest BCUT2D eigenvalue weighted by atomic mass is 16.5. The van der Waals surface area contributed by atoms with Gasteiger partial charge in [-0.1, -0.05) is 12.1 Å². The highest BCUT2D eigenvalue weighted by Crippen LogP contribution is 2.22. The van der Waals surface area contributed by atoms with Crippen LogP contribution in [0.5, 0.6) is 11.5 Å². The molecule has 0 saturated carbocycles. The van der Waals surface area contributed by atoms with Gasteiger partial charge in [0.05, 0.1) is 0 Å². The van der Waals surface area contributed by atoms with E-state index in [0.717, 1.165) is 17.2 Å². The first-order valence-corrected chi connectivity index (χ1v) is 5.79. The topological polar surface area (TPSA) is 14.2 Å². The molecular formula is C16H12NO. The lowest BCUT2D eigenvalue weighted by molar-refractivity contribution is 0.482. The quantitative estimate of drug-likeness (QED) is 0.666. The molecule has 0 unspecified atom stereocenters. The molecule has 2 heteroatoms. The third-order valence-corrected chi connectivity index (χ3v) is 2.66. The third kappa shape index (κ3) is 2.28. The van der Waals surface area contributed by atoms with Crippen LogP contribution in [-0.2, 0) is 0 Å². The van der Waals surface area contributed by atoms with Gasteiger partial charge in [0.25, 0.3) is 0 Å². The normalized spacial score (nSPS) is 10.2. The standard InChI is InChI=1S/C16H12NO/c1-2-6-15(7-3-1)18-16-10-8-14(9-11-16)17-12-4-5-13-17/h2-13H. The maximum Gasteiger partial charge on any atom is 0.127 e. The first-order valence-electron chi connectivity index (χ1n) is 5.79. The molecule has 0 fully saturated rings. The Bertz CT molecular complexity index is 597. The van der Waals surface area contributed by atoms with Gasteiger partial charge in [-0.3, -0.25) is 0 Å². The second-order valence-electron chi connectivity index (χ2n) is 3.92. The Labute approximate surface area is 106 Å². The fraction of sp³-hybridized carbons (Fsp3) is 0. The van der Waals surface area contributed by atoms with Crippen LogP contribution < -0.4 is 4.74 Å². The van der Waals surface area contributed by atoms with E-state index in [2.05, 4.69) is 10.6 Å². The van der Waals surface area contributed by atoms with Crippen molar-refractivity contribution in [2.45, 2.75) is 0 Å². The van der Waals surface area contributed by atoms with Crippen molar-refractivity contribution < 1.29 is 4.74 Å². The van der Waals surface area contributed by atoms with E-state index in [4.69, 9.17) is 4.74 Å². The molecule has 3 rings (SSSR count). The lowest BCUT2D eigenvalue weighted by Gasteiger charge is -2.07. The summed E-state index contributed by atoms with van der Waals surface area (Å²) in [6.07, 6.45) is 4.03. The van der Waals surface area contributed by atoms with E-state index < -0.39 is 0 Å². The number of ether oxygens (including phenoxy) is 1. The molecule has 1 aromatic heterocycles. The van der Waals surface area contributed by atoms with Crippen LogP contribution in [0, 0.1) is 6.07 Å². The zero-order chi connectivity index (χ0) is 12.2. The maximum atomic E-state index is 5.72. The van der Waals surface area contributed by atoms with Crippen molar-refractivity contribution in [2.24, 2.45) is 0 Å². The van der Waals surface area contributed by atoms with Gasteiger partial charge in [-0.15, -0.1) is 0 Å². The molecular weight excluding hydrogens is 222 g/mol. The summed E-state index contributed by atoms with van der Waals surface area (Å²) in [5.41, 5.74) is 1.12. The first kappa shape index (κ1) is 10.7. The van der Waals surface area contributed by atoms with Crippen molar-refractivity contribution in [2.75, 3.05) is 0 Å². The van der Waals surface area contributed by atoms with E-state index in [0.29, 0.717) is 0 Å². The van der Waals surface area contributed by atoms with Gasteiger partial charge in [-0.2, -0.15) is 0 Å². The average molecular weight is 234 g/mol. The Morgan fingerprint density at radius 1 is 0.778 bits per heavy atom. The molecule has 0 aliphatic carbocycles. The predicted molar refractivity (Wildman–Crippen MR) is 71.1 cm³/mol. The van der Waals surface area contributed by atoms with Gasteiger partial charge in [0.2, 0.25) is 0 Å². The van der Waals surface area contributed by atoms with Crippen molar-refractivity contribution >= 4 is 0 Å². The minimum absolute atomic E-state index is 0.822. The lowest BCUT2D eigenvalue weighted by atomic mass is 10.3. The summed E-state index contributed by atoms with van der Waals surface area (Å²) in [6.45, 7) is 0. The van der Waals surface area contributed by atoms with Gasteiger partial charge in [-0.05, 0) is 54.6 Å². The van der Waals surface area contributed by atoms with Crippen LogP contribution in [0.2, 0.25) is 0 Å². The molecule has 0 aliphatic rings. The van der Waals surface area contributed by atoms with Crippen molar-refractivity contribution in [1.29, 1.82) is 0 Å². The number of hydrogen-bond donors (Lipinski definition) is 0. The molecule has 0 saturated heterocycles. The lowest BCUT2D eigenvalue weighted by Crippen LogP contribution is -1.89. The monoisotopic (exact) mass is 234 g/mol. The van der Waals surface area contributed by atoms with Crippen LogP contribution in [0.4, 0.5) is 0 Å². The molecule has 0 aliphatic heterocycles. The number of rotatable bonds is 3. The van der Waals surface area contributed by atoms with Crippen LogP contribution in [0.25, 0.3) is 5.69 Å². The molecule has 1 heterocycles. The van der Waals surface area contributed by atoms with Crippen molar-refractivity contribution in [3.05, 3.63) is 79.1 Å². The van der Waals surface area contributed by atoms with Gasteiger partial charge < -0.3 is 9.30 Å². The van der Waals surface area contributed by atoms with E-state index in [1.165, 1.54) is 0 Å². The number of aromatic nitrogens is 1. The summed E-state index contributed by atoms with van der Waals surface area (Å²) < 4.78 is 7.78. The van der Waals surface area contributed by atoms with Gasteiger partial charge in [-0.25, -0.2) is 0 Å². The van der Waals surface area contributed by atoms with Gasteiger partial charge >= 0.3 is 0 Å². The second-order valence-corrected chi connectivity index (χ2v) is 3.92. The third-order valence-electron chi connectivity index (χ3n) is 2.66. The summed E-state index contributed by atoms with van der Waals surface area (Å²) >= 11 is 0. The number of hydrogen-bond acceptors (Lipinski definition) is 1. The Kier molecular flexibility index (Phi) is 2.84. The smallest absolute Gasteiger partial charge is 0.127 e. The largest absolute Gasteiger partial charge is 0.457 e. The van der Waals surface area contributed by atoms with Gasteiger partial charge in [0.1, 0.15) is 11.5 Å². The first-order chi connectivity index (χ1) is 8.92. The summed E-state index contributed by atoms with van der Waals surface area (Å²) in [7, 11) is 0. The number of benzene rings is 2. The predicted octanol–water partition coefficient (Wildman–Crippen LogP) is 4.07. The fourth-order valence-electron chi connectivity index (χ4n) is 1.77. The molecule has 0 bridgehead atoms. The van der Waals surface area contributed by atoms with E-state index in [1.807, 2.05) is 73.1 Å². The SMILES string of the molecule is [c]1ccc(Oc2ccc(-n3cccc3)cc2)cc1. The van der Waals surface area contributed by atoms with Gasteiger partial charge in [0, 0.05) is 18.1 Å². The Morgan fingerprint density at radius 2 is 1.39 bits per heavy atom. The molecule has 0 amide bonds. The highest BCUT2D eigenvalue weighted by Gasteiger charge is 1.98. The fourth-order valence-corrected chi connectivity index (χ4v) is 1.77. The van der Waals surface area contributed by atoms with Crippen molar-refractivity contribution in [3.63, 3.8) is 0 Å². The van der Waals surface area contributed by atoms with Crippen LogP contribution in [0.1, 0.15) is 0 Å². The molecule has 2 aromatic carbocycles. The molecule has 18 heavy (non-hydrogen) atoms. The van der Waals surface area contributed by atoms with Crippen LogP contribution >= 0.6 is 0 Å². The van der Waals surface area contributed by atoms with E-state index >= 15 is 0 Å². The Hall–Kier alpha value is -2.48. The molecule has 3 aromatic rings. The molecule has 1 radical (unpaired) electrons. The summed E-state index contributed by atoms with van der Waals surface area (Å²) in [5, 5.41) is 0. The summed E-state index contributed by atoms with van der Waals surface area (Å²) in [4.78, 5) is 0. The Balaban J connectivity index is 1.80. The average Bonchev–Trinajstić information content (AvgIpc) is 2.95. The van der Waals surface area contributed by atoms with Crippen molar-refractivity contribution in [3.8, 4) is 17.2 Å².